The molecule has 0 amide bonds. The van der Waals surface area contributed by atoms with Gasteiger partial charge in [0.1, 0.15) is 0 Å². The first-order chi connectivity index (χ1) is 4.33. The summed E-state index contributed by atoms with van der Waals surface area (Å²) in [6.45, 7) is 2.04. The molecule has 0 aliphatic rings. The van der Waals surface area contributed by atoms with Crippen LogP contribution in [0.15, 0.2) is 24.3 Å². The zero-order valence-electron chi connectivity index (χ0n) is 5.60. The molecule has 0 aliphatic carbocycles. The van der Waals surface area contributed by atoms with Crippen molar-refractivity contribution in [3.8, 4) is 0 Å². The van der Waals surface area contributed by atoms with Crippen molar-refractivity contribution in [1.29, 1.82) is 0 Å². The molecule has 0 fully saturated rings. The summed E-state index contributed by atoms with van der Waals surface area (Å²) in [6, 6.07) is 7.88. The van der Waals surface area contributed by atoms with Crippen molar-refractivity contribution in [2.75, 3.05) is 4.84 Å². The lowest BCUT2D eigenvalue weighted by atomic mass is 10.2. The van der Waals surface area contributed by atoms with Crippen LogP contribution < -0.4 is 4.84 Å². The van der Waals surface area contributed by atoms with Crippen LogP contribution in [0.25, 0.3) is 0 Å². The van der Waals surface area contributed by atoms with E-state index in [-0.39, 0.29) is 4.70 Å². The van der Waals surface area contributed by atoms with Crippen molar-refractivity contribution in [1.82, 2.24) is 0 Å². The highest BCUT2D eigenvalue weighted by molar-refractivity contribution is 6.23. The molecule has 0 radical (unpaired) electrons. The second kappa shape index (κ2) is 4.12. The molecule has 0 bridgehead atoms. The summed E-state index contributed by atoms with van der Waals surface area (Å²) in [5, 5.41) is 0. The Morgan fingerprint density at radius 2 is 1.70 bits per heavy atom. The molecule has 1 rings (SSSR count). The first-order valence-electron chi connectivity index (χ1n) is 2.76. The van der Waals surface area contributed by atoms with Crippen molar-refractivity contribution >= 4 is 17.5 Å². The van der Waals surface area contributed by atoms with Gasteiger partial charge in [0.2, 0.25) is 0 Å². The number of hydrogen-bond acceptors (Lipinski definition) is 1. The quantitative estimate of drug-likeness (QED) is 0.625. The maximum absolute atomic E-state index is 5.33. The topological polar surface area (TPSA) is 12.0 Å². The van der Waals surface area contributed by atoms with Crippen LogP contribution in [0.1, 0.15) is 5.56 Å². The fraction of sp³-hybridized carbons (Fsp3) is 0.143. The fourth-order valence-electron chi connectivity index (χ4n) is 0.617. The van der Waals surface area contributed by atoms with E-state index in [2.05, 4.69) is 4.84 Å². The summed E-state index contributed by atoms with van der Waals surface area (Å²) in [5.41, 5.74) is 2.17. The molecule has 0 atom stereocenters. The lowest BCUT2D eigenvalue weighted by Crippen LogP contribution is -1.78. The molecule has 0 saturated heterocycles. The van der Waals surface area contributed by atoms with Gasteiger partial charge in [0.15, 0.2) is 0 Å². The van der Waals surface area contributed by atoms with Crippen molar-refractivity contribution in [2.45, 2.75) is 6.92 Å². The average Bonchev–Trinajstić information content (AvgIpc) is 1.90. The Morgan fingerprint density at radius 1 is 1.20 bits per heavy atom. The number of rotatable bonds is 1. The molecular formula is C7H9ClFN. The lowest BCUT2D eigenvalue weighted by molar-refractivity contribution is 1.11. The Hall–Kier alpha value is -0.760. The first-order valence-corrected chi connectivity index (χ1v) is 3.14. The Bertz CT molecular complexity index is 185. The van der Waals surface area contributed by atoms with Gasteiger partial charge < -0.3 is 0 Å². The number of benzene rings is 1. The van der Waals surface area contributed by atoms with Crippen LogP contribution in [-0.4, -0.2) is 0 Å². The summed E-state index contributed by atoms with van der Waals surface area (Å²) >= 11 is 5.33. The maximum Gasteiger partial charge on any atom is 0.0491 e. The van der Waals surface area contributed by atoms with Crippen LogP contribution >= 0.6 is 11.8 Å². The lowest BCUT2D eigenvalue weighted by Gasteiger charge is -1.95. The maximum atomic E-state index is 5.33. The zero-order chi connectivity index (χ0) is 6.69. The molecule has 0 heterocycles. The van der Waals surface area contributed by atoms with Crippen LogP contribution in [-0.2, 0) is 0 Å². The monoisotopic (exact) mass is 161 g/mol. The normalized spacial score (nSPS) is 8.20. The van der Waals surface area contributed by atoms with Gasteiger partial charge >= 0.3 is 0 Å². The zero-order valence-corrected chi connectivity index (χ0v) is 6.35. The smallest absolute Gasteiger partial charge is 0.0491 e. The van der Waals surface area contributed by atoms with E-state index in [1.54, 1.807) is 0 Å². The molecule has 0 unspecified atom stereocenters. The molecule has 0 aromatic heterocycles. The highest BCUT2D eigenvalue weighted by Crippen LogP contribution is 2.08. The summed E-state index contributed by atoms with van der Waals surface area (Å²) in [7, 11) is 0. The summed E-state index contributed by atoms with van der Waals surface area (Å²) in [4.78, 5) is 2.53. The highest BCUT2D eigenvalue weighted by atomic mass is 35.5. The SMILES string of the molecule is Cc1ccc(NCl)cc1.F. The molecule has 0 saturated carbocycles. The third-order valence-corrected chi connectivity index (χ3v) is 1.38. The molecule has 1 N–H and O–H groups in total. The molecule has 0 aliphatic heterocycles. The molecular weight excluding hydrogens is 153 g/mol. The highest BCUT2D eigenvalue weighted by Gasteiger charge is 1.84. The molecule has 10 heavy (non-hydrogen) atoms. The molecule has 3 heteroatoms. The van der Waals surface area contributed by atoms with Gasteiger partial charge in [-0.15, -0.1) is 0 Å². The van der Waals surface area contributed by atoms with Crippen molar-refractivity contribution < 1.29 is 4.70 Å². The summed E-state index contributed by atoms with van der Waals surface area (Å²) in [5.74, 6) is 0. The third-order valence-electron chi connectivity index (χ3n) is 1.16. The Balaban J connectivity index is 0.000000810. The van der Waals surface area contributed by atoms with E-state index in [1.165, 1.54) is 5.56 Å². The minimum atomic E-state index is 0. The molecule has 1 aromatic rings. The van der Waals surface area contributed by atoms with E-state index in [1.807, 2.05) is 31.2 Å². The van der Waals surface area contributed by atoms with Crippen molar-refractivity contribution in [3.63, 3.8) is 0 Å². The van der Waals surface area contributed by atoms with Crippen LogP contribution in [0, 0.1) is 6.92 Å². The van der Waals surface area contributed by atoms with Crippen molar-refractivity contribution in [3.05, 3.63) is 29.8 Å². The average molecular weight is 162 g/mol. The second-order valence-electron chi connectivity index (χ2n) is 1.96. The predicted octanol–water partition coefficient (Wildman–Crippen LogP) is 2.71. The number of anilines is 1. The van der Waals surface area contributed by atoms with Gasteiger partial charge in [0, 0.05) is 17.5 Å². The largest absolute Gasteiger partial charge is 0.299 e. The number of halogens is 2. The van der Waals surface area contributed by atoms with E-state index in [0.29, 0.717) is 0 Å². The van der Waals surface area contributed by atoms with Gasteiger partial charge in [0.25, 0.3) is 0 Å². The summed E-state index contributed by atoms with van der Waals surface area (Å²) < 4.78 is 0. The van der Waals surface area contributed by atoms with Crippen LogP contribution in [0.2, 0.25) is 0 Å². The van der Waals surface area contributed by atoms with Gasteiger partial charge in [-0.25, -0.2) is 0 Å². The molecule has 1 nitrogen and oxygen atoms in total. The van der Waals surface area contributed by atoms with E-state index in [0.717, 1.165) is 5.69 Å². The van der Waals surface area contributed by atoms with Gasteiger partial charge in [0.05, 0.1) is 0 Å². The van der Waals surface area contributed by atoms with Crippen LogP contribution in [0.5, 0.6) is 0 Å². The van der Waals surface area contributed by atoms with E-state index in [9.17, 15) is 0 Å². The Labute approximate surface area is 64.5 Å². The van der Waals surface area contributed by atoms with Gasteiger partial charge in [-0.3, -0.25) is 9.54 Å². The number of nitrogens with one attached hydrogen (secondary N) is 1. The minimum Gasteiger partial charge on any atom is -0.299 e. The number of hydrogen-bond donors (Lipinski definition) is 1. The van der Waals surface area contributed by atoms with Crippen LogP contribution in [0.4, 0.5) is 10.4 Å². The molecule has 56 valence electrons. The standard InChI is InChI=1S/C7H8ClN.FH/c1-6-2-4-7(9-8)5-3-6;/h2-5,9H,1H3;1H. The van der Waals surface area contributed by atoms with Gasteiger partial charge in [-0.2, -0.15) is 0 Å². The van der Waals surface area contributed by atoms with Crippen LogP contribution in [0.3, 0.4) is 0 Å². The van der Waals surface area contributed by atoms with Crippen molar-refractivity contribution in [2.24, 2.45) is 0 Å². The molecule has 0 spiro atoms. The Kier molecular flexibility index (Phi) is 3.81. The first kappa shape index (κ1) is 9.24. The van der Waals surface area contributed by atoms with Gasteiger partial charge in [-0.05, 0) is 19.1 Å². The fourth-order valence-corrected chi connectivity index (χ4v) is 0.743. The van der Waals surface area contributed by atoms with E-state index in [4.69, 9.17) is 11.8 Å². The third kappa shape index (κ3) is 2.23. The summed E-state index contributed by atoms with van der Waals surface area (Å²) in [6.07, 6.45) is 0. The van der Waals surface area contributed by atoms with Gasteiger partial charge in [-0.1, -0.05) is 17.7 Å². The van der Waals surface area contributed by atoms with E-state index >= 15 is 0 Å². The van der Waals surface area contributed by atoms with E-state index < -0.39 is 0 Å². The Morgan fingerprint density at radius 3 is 2.10 bits per heavy atom. The molecule has 1 aromatic carbocycles. The number of aryl methyl sites for hydroxylation is 1. The predicted molar refractivity (Wildman–Crippen MR) is 43.2 cm³/mol. The second-order valence-corrected chi connectivity index (χ2v) is 2.15. The minimum absolute atomic E-state index is 0.